The van der Waals surface area contributed by atoms with E-state index >= 15 is 0 Å². The molecule has 0 saturated heterocycles. The largest absolute Gasteiger partial charge is 0.464 e. The lowest BCUT2D eigenvalue weighted by molar-refractivity contribution is -0.176. The Bertz CT molecular complexity index is 1060. The second-order valence-electron chi connectivity index (χ2n) is 7.80. The van der Waals surface area contributed by atoms with Gasteiger partial charge in [0.15, 0.2) is 5.43 Å². The smallest absolute Gasteiger partial charge is 0.373 e. The van der Waals surface area contributed by atoms with Crippen molar-refractivity contribution in [1.82, 2.24) is 0 Å². The van der Waals surface area contributed by atoms with Crippen LogP contribution in [0.25, 0.3) is 11.0 Å². The normalized spacial score (nSPS) is 19.7. The van der Waals surface area contributed by atoms with Crippen molar-refractivity contribution in [3.05, 3.63) is 70.8 Å². The molecule has 1 aromatic carbocycles. The van der Waals surface area contributed by atoms with E-state index in [2.05, 4.69) is 6.58 Å². The van der Waals surface area contributed by atoms with Crippen LogP contribution in [0.5, 0.6) is 0 Å². The molecule has 1 aromatic heterocycles. The first-order valence-corrected chi connectivity index (χ1v) is 11.7. The summed E-state index contributed by atoms with van der Waals surface area (Å²) < 4.78 is 33.5. The third kappa shape index (κ3) is 7.02. The number of para-hydroxylation sites is 1. The van der Waals surface area contributed by atoms with Crippen LogP contribution in [0.2, 0.25) is 0 Å². The lowest BCUT2D eigenvalue weighted by atomic mass is 9.81. The van der Waals surface area contributed by atoms with Gasteiger partial charge in [0.25, 0.3) is 0 Å². The Morgan fingerprint density at radius 3 is 2.69 bits per heavy atom. The van der Waals surface area contributed by atoms with E-state index in [0.29, 0.717) is 49.4 Å². The molecule has 0 radical (unpaired) electrons. The summed E-state index contributed by atoms with van der Waals surface area (Å²) in [5.41, 5.74) is 0.682. The summed E-state index contributed by atoms with van der Waals surface area (Å²) >= 11 is 0. The molecule has 1 aliphatic heterocycles. The molecule has 0 bridgehead atoms. The summed E-state index contributed by atoms with van der Waals surface area (Å²) in [6.45, 7) is 7.00. The van der Waals surface area contributed by atoms with Gasteiger partial charge < -0.3 is 33.2 Å². The van der Waals surface area contributed by atoms with Crippen LogP contribution in [0.15, 0.2) is 64.2 Å². The van der Waals surface area contributed by atoms with Gasteiger partial charge >= 0.3 is 5.97 Å². The van der Waals surface area contributed by atoms with Gasteiger partial charge in [-0.3, -0.25) is 4.79 Å². The standard InChI is InChI=1S/C26H32O9/c1-3-11-33-25(29)23-16-20(21-17-34-22-8-6-5-7-19(22)24(21)28)18(26(35-23)32-4-2)9-12-30-14-15-31-13-10-27/h3,5-8,16-18,20,26-27H,1,4,9-15H2,2H3/t18-,20-,26+/m1/s1. The van der Waals surface area contributed by atoms with Crippen LogP contribution in [0.4, 0.5) is 0 Å². The average Bonchev–Trinajstić information content (AvgIpc) is 2.87. The molecular formula is C26H32O9. The van der Waals surface area contributed by atoms with Crippen molar-refractivity contribution in [2.75, 3.05) is 46.2 Å². The zero-order valence-corrected chi connectivity index (χ0v) is 19.9. The van der Waals surface area contributed by atoms with E-state index in [1.54, 1.807) is 30.3 Å². The predicted octanol–water partition coefficient (Wildman–Crippen LogP) is 2.91. The molecule has 9 heteroatoms. The molecule has 9 nitrogen and oxygen atoms in total. The summed E-state index contributed by atoms with van der Waals surface area (Å²) in [4.78, 5) is 26.0. The minimum atomic E-state index is -0.804. The first kappa shape index (κ1) is 26.6. The average molecular weight is 489 g/mol. The van der Waals surface area contributed by atoms with Crippen LogP contribution in [-0.4, -0.2) is 63.6 Å². The first-order chi connectivity index (χ1) is 17.1. The van der Waals surface area contributed by atoms with Crippen molar-refractivity contribution < 1.29 is 38.0 Å². The highest BCUT2D eigenvalue weighted by Gasteiger charge is 2.39. The van der Waals surface area contributed by atoms with E-state index in [4.69, 9.17) is 33.2 Å². The van der Waals surface area contributed by atoms with Crippen molar-refractivity contribution in [1.29, 1.82) is 0 Å². The van der Waals surface area contributed by atoms with Gasteiger partial charge in [0, 0.05) is 30.6 Å². The third-order valence-electron chi connectivity index (χ3n) is 5.52. The number of esters is 1. The van der Waals surface area contributed by atoms with Gasteiger partial charge in [-0.1, -0.05) is 24.8 Å². The molecule has 3 atom stereocenters. The molecule has 0 aliphatic carbocycles. The number of allylic oxidation sites excluding steroid dienone is 1. The second-order valence-corrected chi connectivity index (χ2v) is 7.80. The lowest BCUT2D eigenvalue weighted by Crippen LogP contribution is -2.38. The molecule has 2 heterocycles. The maximum atomic E-state index is 13.4. The molecule has 1 aliphatic rings. The minimum absolute atomic E-state index is 0.0250. The van der Waals surface area contributed by atoms with Crippen LogP contribution in [0.3, 0.4) is 0 Å². The molecule has 3 rings (SSSR count). The fourth-order valence-corrected chi connectivity index (χ4v) is 3.92. The summed E-state index contributed by atoms with van der Waals surface area (Å²) in [5, 5.41) is 9.23. The van der Waals surface area contributed by atoms with Gasteiger partial charge in [0.2, 0.25) is 12.0 Å². The van der Waals surface area contributed by atoms with Crippen LogP contribution in [0.1, 0.15) is 24.8 Å². The summed E-state index contributed by atoms with van der Waals surface area (Å²) in [6, 6.07) is 7.00. The van der Waals surface area contributed by atoms with E-state index in [-0.39, 0.29) is 36.9 Å². The van der Waals surface area contributed by atoms with E-state index in [1.807, 2.05) is 6.92 Å². The van der Waals surface area contributed by atoms with Crippen molar-refractivity contribution >= 4 is 16.9 Å². The monoisotopic (exact) mass is 488 g/mol. The number of rotatable bonds is 14. The Labute approximate surface area is 203 Å². The summed E-state index contributed by atoms with van der Waals surface area (Å²) in [7, 11) is 0. The van der Waals surface area contributed by atoms with Crippen molar-refractivity contribution in [3.8, 4) is 0 Å². The number of hydrogen-bond acceptors (Lipinski definition) is 9. The highest BCUT2D eigenvalue weighted by Crippen LogP contribution is 2.38. The second kappa shape index (κ2) is 13.8. The molecule has 0 unspecified atom stereocenters. The van der Waals surface area contributed by atoms with Crippen molar-refractivity contribution in [2.45, 2.75) is 25.6 Å². The summed E-state index contributed by atoms with van der Waals surface area (Å²) in [5.74, 6) is -1.58. The highest BCUT2D eigenvalue weighted by molar-refractivity contribution is 5.86. The number of ether oxygens (including phenoxy) is 5. The van der Waals surface area contributed by atoms with E-state index in [9.17, 15) is 9.59 Å². The number of carbonyl (C=O) groups excluding carboxylic acids is 1. The number of aliphatic hydroxyl groups excluding tert-OH is 1. The highest BCUT2D eigenvalue weighted by atomic mass is 16.7. The Hall–Kier alpha value is -2.98. The number of fused-ring (bicyclic) bond motifs is 1. The fraction of sp³-hybridized carbons (Fsp3) is 0.462. The Kier molecular flexibility index (Phi) is 10.5. The fourth-order valence-electron chi connectivity index (χ4n) is 3.92. The molecule has 0 fully saturated rings. The summed E-state index contributed by atoms with van der Waals surface area (Å²) in [6.07, 6.45) is 4.16. The van der Waals surface area contributed by atoms with Crippen LogP contribution in [-0.2, 0) is 28.5 Å². The maximum absolute atomic E-state index is 13.4. The number of benzene rings is 1. The molecule has 35 heavy (non-hydrogen) atoms. The Balaban J connectivity index is 1.91. The molecule has 2 aromatic rings. The molecule has 190 valence electrons. The van der Waals surface area contributed by atoms with Gasteiger partial charge in [0.05, 0.1) is 38.1 Å². The topological polar surface area (TPSA) is 114 Å². The van der Waals surface area contributed by atoms with E-state index < -0.39 is 18.2 Å². The number of hydrogen-bond donors (Lipinski definition) is 1. The predicted molar refractivity (Wildman–Crippen MR) is 128 cm³/mol. The molecule has 1 N–H and O–H groups in total. The molecular weight excluding hydrogens is 456 g/mol. The quantitative estimate of drug-likeness (QED) is 0.244. The van der Waals surface area contributed by atoms with Gasteiger partial charge in [-0.2, -0.15) is 0 Å². The van der Waals surface area contributed by atoms with Crippen molar-refractivity contribution in [3.63, 3.8) is 0 Å². The van der Waals surface area contributed by atoms with Crippen molar-refractivity contribution in [2.24, 2.45) is 5.92 Å². The minimum Gasteiger partial charge on any atom is -0.464 e. The SMILES string of the molecule is C=CCOC(=O)C1=C[C@@H](c2coc3ccccc3c2=O)[C@@H](CCOCCOCCO)[C@@H](OCC)O1. The zero-order valence-electron chi connectivity index (χ0n) is 19.9. The molecule has 0 spiro atoms. The van der Waals surface area contributed by atoms with E-state index in [1.165, 1.54) is 12.3 Å². The third-order valence-corrected chi connectivity index (χ3v) is 5.52. The van der Waals surface area contributed by atoms with Crippen LogP contribution < -0.4 is 5.43 Å². The van der Waals surface area contributed by atoms with Crippen LogP contribution >= 0.6 is 0 Å². The van der Waals surface area contributed by atoms with Gasteiger partial charge in [-0.05, 0) is 31.6 Å². The first-order valence-electron chi connectivity index (χ1n) is 11.7. The number of aliphatic hydroxyl groups is 1. The van der Waals surface area contributed by atoms with E-state index in [0.717, 1.165) is 0 Å². The van der Waals surface area contributed by atoms with Gasteiger partial charge in [-0.25, -0.2) is 4.79 Å². The Morgan fingerprint density at radius 2 is 1.94 bits per heavy atom. The van der Waals surface area contributed by atoms with Crippen LogP contribution in [0, 0.1) is 5.92 Å². The lowest BCUT2D eigenvalue weighted by Gasteiger charge is -2.36. The van der Waals surface area contributed by atoms with Gasteiger partial charge in [-0.15, -0.1) is 0 Å². The zero-order chi connectivity index (χ0) is 25.0. The maximum Gasteiger partial charge on any atom is 0.373 e. The molecule has 0 saturated carbocycles. The van der Waals surface area contributed by atoms with Gasteiger partial charge in [0.1, 0.15) is 12.2 Å². The molecule has 0 amide bonds. The Morgan fingerprint density at radius 1 is 1.17 bits per heavy atom. The number of carbonyl (C=O) groups is 1.